The smallest absolute Gasteiger partial charge is 0.332 e. The molecular weight excluding hydrogens is 264 g/mol. The van der Waals surface area contributed by atoms with Gasteiger partial charge in [0.25, 0.3) is 5.91 Å². The Kier molecular flexibility index (Phi) is 5.82. The SMILES string of the molecule is CCOc1cc(/C=N/NC(N)=O)ccc1OCC(N)=O. The number of hydrogen-bond acceptors (Lipinski definition) is 5. The molecule has 0 fully saturated rings. The third kappa shape index (κ3) is 5.25. The third-order valence-electron chi connectivity index (χ3n) is 2.03. The minimum absolute atomic E-state index is 0.239. The van der Waals surface area contributed by atoms with Gasteiger partial charge in [0, 0.05) is 0 Å². The normalized spacial score (nSPS) is 10.2. The standard InChI is InChI=1S/C12H16N4O4/c1-2-19-10-5-8(6-15-16-12(14)18)3-4-9(10)20-7-11(13)17/h3-6H,2,7H2,1H3,(H2,13,17)(H3,14,16,18)/b15-6+. The summed E-state index contributed by atoms with van der Waals surface area (Å²) in [6.45, 7) is 2.00. The molecular formula is C12H16N4O4. The van der Waals surface area contributed by atoms with Crippen LogP contribution in [0, 0.1) is 0 Å². The van der Waals surface area contributed by atoms with Gasteiger partial charge < -0.3 is 20.9 Å². The quantitative estimate of drug-likeness (QED) is 0.477. The number of rotatable bonds is 7. The van der Waals surface area contributed by atoms with Gasteiger partial charge in [-0.05, 0) is 30.7 Å². The maximum Gasteiger partial charge on any atom is 0.332 e. The first-order chi connectivity index (χ1) is 9.52. The molecule has 1 aromatic carbocycles. The molecule has 0 radical (unpaired) electrons. The second-order valence-electron chi connectivity index (χ2n) is 3.63. The first-order valence-corrected chi connectivity index (χ1v) is 5.79. The Morgan fingerprint density at radius 2 is 2.05 bits per heavy atom. The number of carbonyl (C=O) groups excluding carboxylic acids is 2. The zero-order valence-corrected chi connectivity index (χ0v) is 11.0. The van der Waals surface area contributed by atoms with Gasteiger partial charge >= 0.3 is 6.03 Å². The van der Waals surface area contributed by atoms with Gasteiger partial charge in [0.05, 0.1) is 12.8 Å². The summed E-state index contributed by atoms with van der Waals surface area (Å²) in [5.41, 5.74) is 12.6. The second-order valence-corrected chi connectivity index (χ2v) is 3.63. The molecule has 8 heteroatoms. The number of primary amides is 2. The van der Waals surface area contributed by atoms with Crippen LogP contribution in [0.2, 0.25) is 0 Å². The van der Waals surface area contributed by atoms with Gasteiger partial charge in [-0.3, -0.25) is 4.79 Å². The number of urea groups is 1. The van der Waals surface area contributed by atoms with Crippen LogP contribution in [0.4, 0.5) is 4.79 Å². The van der Waals surface area contributed by atoms with E-state index < -0.39 is 11.9 Å². The van der Waals surface area contributed by atoms with E-state index in [2.05, 4.69) is 10.5 Å². The molecule has 0 heterocycles. The molecule has 0 unspecified atom stereocenters. The Morgan fingerprint density at radius 1 is 1.30 bits per heavy atom. The number of hydrazone groups is 1. The van der Waals surface area contributed by atoms with Crippen LogP contribution >= 0.6 is 0 Å². The average molecular weight is 280 g/mol. The monoisotopic (exact) mass is 280 g/mol. The summed E-state index contributed by atoms with van der Waals surface area (Å²) in [4.78, 5) is 21.2. The number of hydrogen-bond donors (Lipinski definition) is 3. The van der Waals surface area contributed by atoms with E-state index in [-0.39, 0.29) is 6.61 Å². The van der Waals surface area contributed by atoms with E-state index in [1.807, 2.05) is 6.92 Å². The van der Waals surface area contributed by atoms with Gasteiger partial charge in [-0.15, -0.1) is 0 Å². The summed E-state index contributed by atoms with van der Waals surface area (Å²) in [5, 5.41) is 3.63. The van der Waals surface area contributed by atoms with Crippen LogP contribution in [0.3, 0.4) is 0 Å². The molecule has 1 rings (SSSR count). The van der Waals surface area contributed by atoms with Gasteiger partial charge in [-0.1, -0.05) is 0 Å². The van der Waals surface area contributed by atoms with E-state index in [4.69, 9.17) is 20.9 Å². The predicted molar refractivity (Wildman–Crippen MR) is 72.6 cm³/mol. The lowest BCUT2D eigenvalue weighted by Gasteiger charge is -2.11. The number of nitrogens with two attached hydrogens (primary N) is 2. The van der Waals surface area contributed by atoms with Crippen molar-refractivity contribution in [3.8, 4) is 11.5 Å². The molecule has 0 spiro atoms. The van der Waals surface area contributed by atoms with Crippen molar-refractivity contribution in [2.75, 3.05) is 13.2 Å². The average Bonchev–Trinajstić information content (AvgIpc) is 2.37. The lowest BCUT2D eigenvalue weighted by molar-refractivity contribution is -0.119. The van der Waals surface area contributed by atoms with Crippen molar-refractivity contribution < 1.29 is 19.1 Å². The first kappa shape index (κ1) is 15.3. The highest BCUT2D eigenvalue weighted by Gasteiger charge is 2.07. The molecule has 3 amide bonds. The van der Waals surface area contributed by atoms with Crippen LogP contribution in [0.15, 0.2) is 23.3 Å². The fourth-order valence-electron chi connectivity index (χ4n) is 1.31. The van der Waals surface area contributed by atoms with Crippen molar-refractivity contribution in [1.82, 2.24) is 5.43 Å². The summed E-state index contributed by atoms with van der Waals surface area (Å²) in [5.74, 6) is 0.256. The van der Waals surface area contributed by atoms with Gasteiger partial charge in [0.2, 0.25) is 0 Å². The summed E-state index contributed by atoms with van der Waals surface area (Å²) in [6.07, 6.45) is 1.39. The largest absolute Gasteiger partial charge is 0.490 e. The Labute approximate surface area is 115 Å². The zero-order valence-electron chi connectivity index (χ0n) is 11.0. The van der Waals surface area contributed by atoms with Crippen molar-refractivity contribution in [2.45, 2.75) is 6.92 Å². The number of ether oxygens (including phenoxy) is 2. The molecule has 0 bridgehead atoms. The van der Waals surface area contributed by atoms with Gasteiger partial charge in [0.1, 0.15) is 0 Å². The molecule has 1 aromatic rings. The molecule has 0 aliphatic carbocycles. The van der Waals surface area contributed by atoms with E-state index in [0.717, 1.165) is 0 Å². The highest BCUT2D eigenvalue weighted by molar-refractivity contribution is 5.82. The molecule has 108 valence electrons. The predicted octanol–water partition coefficient (Wildman–Crippen LogP) is -0.0484. The van der Waals surface area contributed by atoms with E-state index in [1.54, 1.807) is 18.2 Å². The molecule has 0 aliphatic heterocycles. The van der Waals surface area contributed by atoms with E-state index in [9.17, 15) is 9.59 Å². The number of nitrogens with one attached hydrogen (secondary N) is 1. The maximum absolute atomic E-state index is 10.7. The van der Waals surface area contributed by atoms with Crippen LogP contribution in [0.1, 0.15) is 12.5 Å². The highest BCUT2D eigenvalue weighted by atomic mass is 16.5. The van der Waals surface area contributed by atoms with Crippen LogP contribution in [-0.2, 0) is 4.79 Å². The van der Waals surface area contributed by atoms with Crippen molar-refractivity contribution in [3.05, 3.63) is 23.8 Å². The summed E-state index contributed by atoms with van der Waals surface area (Å²) in [6, 6.07) is 4.17. The Balaban J connectivity index is 2.85. The molecule has 0 saturated heterocycles. The van der Waals surface area contributed by atoms with E-state index in [1.165, 1.54) is 6.21 Å². The molecule has 0 saturated carbocycles. The molecule has 0 aromatic heterocycles. The first-order valence-electron chi connectivity index (χ1n) is 5.79. The van der Waals surface area contributed by atoms with E-state index in [0.29, 0.717) is 23.7 Å². The Bertz CT molecular complexity index is 516. The van der Waals surface area contributed by atoms with Crippen molar-refractivity contribution in [3.63, 3.8) is 0 Å². The van der Waals surface area contributed by atoms with Gasteiger partial charge in [-0.25, -0.2) is 10.2 Å². The topological polar surface area (TPSA) is 129 Å². The lowest BCUT2D eigenvalue weighted by atomic mass is 10.2. The molecule has 0 aliphatic rings. The van der Waals surface area contributed by atoms with Crippen LogP contribution in [0.25, 0.3) is 0 Å². The molecule has 8 nitrogen and oxygen atoms in total. The number of amides is 3. The van der Waals surface area contributed by atoms with Crippen LogP contribution in [-0.4, -0.2) is 31.4 Å². The van der Waals surface area contributed by atoms with Crippen LogP contribution < -0.4 is 26.4 Å². The van der Waals surface area contributed by atoms with Gasteiger partial charge in [0.15, 0.2) is 18.1 Å². The zero-order chi connectivity index (χ0) is 15.0. The summed E-state index contributed by atoms with van der Waals surface area (Å²) in [7, 11) is 0. The fourth-order valence-corrected chi connectivity index (χ4v) is 1.31. The number of nitrogens with zero attached hydrogens (tertiary/aromatic N) is 1. The summed E-state index contributed by atoms with van der Waals surface area (Å²) >= 11 is 0. The van der Waals surface area contributed by atoms with Crippen molar-refractivity contribution in [2.24, 2.45) is 16.6 Å². The highest BCUT2D eigenvalue weighted by Crippen LogP contribution is 2.27. The third-order valence-corrected chi connectivity index (χ3v) is 2.03. The minimum atomic E-state index is -0.757. The van der Waals surface area contributed by atoms with Crippen LogP contribution in [0.5, 0.6) is 11.5 Å². The van der Waals surface area contributed by atoms with E-state index >= 15 is 0 Å². The number of carbonyl (C=O) groups is 2. The number of benzene rings is 1. The fraction of sp³-hybridized carbons (Fsp3) is 0.250. The van der Waals surface area contributed by atoms with Crippen molar-refractivity contribution in [1.29, 1.82) is 0 Å². The lowest BCUT2D eigenvalue weighted by Crippen LogP contribution is -2.24. The Morgan fingerprint density at radius 3 is 2.65 bits per heavy atom. The summed E-state index contributed by atoms with van der Waals surface area (Å²) < 4.78 is 10.6. The maximum atomic E-state index is 10.7. The molecule has 20 heavy (non-hydrogen) atoms. The van der Waals surface area contributed by atoms with Gasteiger partial charge in [-0.2, -0.15) is 5.10 Å². The Hall–Kier alpha value is -2.77. The minimum Gasteiger partial charge on any atom is -0.490 e. The van der Waals surface area contributed by atoms with Crippen molar-refractivity contribution >= 4 is 18.2 Å². The second kappa shape index (κ2) is 7.62. The molecule has 0 atom stereocenters. The molecule has 5 N–H and O–H groups in total.